The molecule has 1 aromatic carbocycles. The lowest BCUT2D eigenvalue weighted by Gasteiger charge is -2.14. The molecule has 0 saturated heterocycles. The minimum atomic E-state index is 0.618. The van der Waals surface area contributed by atoms with E-state index >= 15 is 0 Å². The molecule has 0 saturated carbocycles. The van der Waals surface area contributed by atoms with E-state index in [0.29, 0.717) is 10.0 Å². The maximum Gasteiger partial charge on any atom is 0.0903 e. The Morgan fingerprint density at radius 2 is 1.56 bits per heavy atom. The largest absolute Gasteiger partial charge is 0.333 e. The molecule has 98 valence electrons. The fourth-order valence-electron chi connectivity index (χ4n) is 1.13. The Labute approximate surface area is 126 Å². The first-order chi connectivity index (χ1) is 8.18. The first-order valence-corrected chi connectivity index (χ1v) is 6.91. The Morgan fingerprint density at radius 3 is 2.11 bits per heavy atom. The number of aromatic nitrogens is 1. The maximum atomic E-state index is 5.98. The number of nitrogens with zero attached hydrogens (tertiary/aromatic N) is 2. The van der Waals surface area contributed by atoms with E-state index in [2.05, 4.69) is 49.1 Å². The van der Waals surface area contributed by atoms with Crippen molar-refractivity contribution in [2.75, 3.05) is 28.2 Å². The van der Waals surface area contributed by atoms with Crippen molar-refractivity contribution in [3.05, 3.63) is 38.9 Å². The fraction of sp³-hybridized carbons (Fsp3) is 0.308. The highest BCUT2D eigenvalue weighted by molar-refractivity contribution is 9.10. The monoisotopic (exact) mass is 349 g/mol. The molecule has 0 spiro atoms. The SMILES string of the molecule is C[N+](C)(C)C.Clc1ccc(Cl)c2ncc(Br)cc12. The van der Waals surface area contributed by atoms with Crippen LogP contribution in [0.1, 0.15) is 0 Å². The summed E-state index contributed by atoms with van der Waals surface area (Å²) in [6.45, 7) is 0. The number of benzene rings is 1. The Bertz CT molecular complexity index is 544. The Balaban J connectivity index is 0.000000280. The van der Waals surface area contributed by atoms with E-state index in [1.807, 2.05) is 6.07 Å². The van der Waals surface area contributed by atoms with Crippen LogP contribution in [-0.4, -0.2) is 37.7 Å². The van der Waals surface area contributed by atoms with E-state index in [4.69, 9.17) is 23.2 Å². The molecular weight excluding hydrogens is 335 g/mol. The topological polar surface area (TPSA) is 12.9 Å². The van der Waals surface area contributed by atoms with Crippen molar-refractivity contribution >= 4 is 50.0 Å². The molecule has 0 amide bonds. The van der Waals surface area contributed by atoms with Gasteiger partial charge in [0.1, 0.15) is 0 Å². The minimum Gasteiger partial charge on any atom is -0.333 e. The van der Waals surface area contributed by atoms with Crippen LogP contribution in [0.2, 0.25) is 10.0 Å². The summed E-state index contributed by atoms with van der Waals surface area (Å²) in [5.41, 5.74) is 0.734. The molecule has 5 heteroatoms. The third kappa shape index (κ3) is 5.11. The van der Waals surface area contributed by atoms with E-state index in [1.165, 1.54) is 0 Å². The number of quaternary nitrogens is 1. The molecule has 18 heavy (non-hydrogen) atoms. The highest BCUT2D eigenvalue weighted by Crippen LogP contribution is 2.29. The van der Waals surface area contributed by atoms with Gasteiger partial charge in [-0.2, -0.15) is 0 Å². The molecule has 2 nitrogen and oxygen atoms in total. The van der Waals surface area contributed by atoms with Crippen LogP contribution in [0.3, 0.4) is 0 Å². The van der Waals surface area contributed by atoms with Crippen molar-refractivity contribution in [3.8, 4) is 0 Å². The van der Waals surface area contributed by atoms with Gasteiger partial charge in [-0.1, -0.05) is 23.2 Å². The average Bonchev–Trinajstić information content (AvgIpc) is 2.21. The summed E-state index contributed by atoms with van der Waals surface area (Å²) >= 11 is 15.3. The number of fused-ring (bicyclic) bond motifs is 1. The minimum absolute atomic E-state index is 0.618. The zero-order chi connectivity index (χ0) is 13.9. The van der Waals surface area contributed by atoms with Gasteiger partial charge < -0.3 is 4.48 Å². The van der Waals surface area contributed by atoms with E-state index in [9.17, 15) is 0 Å². The highest BCUT2D eigenvalue weighted by Gasteiger charge is 2.04. The summed E-state index contributed by atoms with van der Waals surface area (Å²) < 4.78 is 1.89. The van der Waals surface area contributed by atoms with Crippen LogP contribution >= 0.6 is 39.1 Å². The highest BCUT2D eigenvalue weighted by atomic mass is 79.9. The molecule has 0 unspecified atom stereocenters. The van der Waals surface area contributed by atoms with E-state index in [0.717, 1.165) is 19.9 Å². The van der Waals surface area contributed by atoms with Crippen LogP contribution in [0.4, 0.5) is 0 Å². The Kier molecular flexibility index (Phi) is 5.41. The smallest absolute Gasteiger partial charge is 0.0903 e. The normalized spacial score (nSPS) is 11.1. The molecule has 0 radical (unpaired) electrons. The van der Waals surface area contributed by atoms with Gasteiger partial charge in [-0.15, -0.1) is 0 Å². The van der Waals surface area contributed by atoms with Gasteiger partial charge in [0.05, 0.1) is 43.8 Å². The molecule has 0 bridgehead atoms. The van der Waals surface area contributed by atoms with E-state index in [1.54, 1.807) is 18.3 Å². The van der Waals surface area contributed by atoms with Crippen molar-refractivity contribution in [1.82, 2.24) is 4.98 Å². The molecule has 2 aromatic rings. The zero-order valence-electron chi connectivity index (χ0n) is 10.8. The van der Waals surface area contributed by atoms with Crippen LogP contribution in [0.25, 0.3) is 10.9 Å². The van der Waals surface area contributed by atoms with Crippen LogP contribution in [0, 0.1) is 0 Å². The standard InChI is InChI=1S/C9H4BrCl2N.C4H12N/c10-5-3-6-7(11)1-2-8(12)9(6)13-4-5;1-5(2,3)4/h1-4H;1-4H3/q;+1. The summed E-state index contributed by atoms with van der Waals surface area (Å²) in [4.78, 5) is 4.18. The van der Waals surface area contributed by atoms with Gasteiger partial charge in [0.2, 0.25) is 0 Å². The number of rotatable bonds is 0. The van der Waals surface area contributed by atoms with Crippen LogP contribution < -0.4 is 0 Å². The second-order valence-corrected chi connectivity index (χ2v) is 6.99. The second kappa shape index (κ2) is 6.20. The first-order valence-electron chi connectivity index (χ1n) is 5.36. The van der Waals surface area contributed by atoms with Crippen molar-refractivity contribution < 1.29 is 4.48 Å². The molecule has 1 heterocycles. The van der Waals surface area contributed by atoms with Gasteiger partial charge >= 0.3 is 0 Å². The molecule has 0 aliphatic heterocycles. The molecule has 0 fully saturated rings. The fourth-order valence-corrected chi connectivity index (χ4v) is 1.88. The van der Waals surface area contributed by atoms with Crippen molar-refractivity contribution in [2.24, 2.45) is 0 Å². The third-order valence-electron chi connectivity index (χ3n) is 1.71. The lowest BCUT2D eigenvalue weighted by molar-refractivity contribution is -0.849. The summed E-state index contributed by atoms with van der Waals surface area (Å²) in [5.74, 6) is 0. The lowest BCUT2D eigenvalue weighted by Crippen LogP contribution is -2.27. The van der Waals surface area contributed by atoms with Gasteiger partial charge in [0, 0.05) is 16.1 Å². The van der Waals surface area contributed by atoms with E-state index < -0.39 is 0 Å². The first kappa shape index (κ1) is 15.7. The third-order valence-corrected chi connectivity index (χ3v) is 2.78. The van der Waals surface area contributed by atoms with Gasteiger partial charge in [-0.25, -0.2) is 0 Å². The number of halogens is 3. The molecule has 0 N–H and O–H groups in total. The summed E-state index contributed by atoms with van der Waals surface area (Å²) in [5, 5.41) is 2.14. The van der Waals surface area contributed by atoms with Crippen molar-refractivity contribution in [2.45, 2.75) is 0 Å². The van der Waals surface area contributed by atoms with Crippen LogP contribution in [0.15, 0.2) is 28.9 Å². The lowest BCUT2D eigenvalue weighted by atomic mass is 10.2. The predicted molar refractivity (Wildman–Crippen MR) is 83.4 cm³/mol. The molecule has 2 rings (SSSR count). The van der Waals surface area contributed by atoms with Crippen LogP contribution in [-0.2, 0) is 0 Å². The number of pyridine rings is 1. The molecule has 1 aromatic heterocycles. The van der Waals surface area contributed by atoms with Gasteiger partial charge in [-0.05, 0) is 34.1 Å². The van der Waals surface area contributed by atoms with Crippen molar-refractivity contribution in [3.63, 3.8) is 0 Å². The van der Waals surface area contributed by atoms with Gasteiger partial charge in [0.15, 0.2) is 0 Å². The Morgan fingerprint density at radius 1 is 1.06 bits per heavy atom. The number of hydrogen-bond acceptors (Lipinski definition) is 1. The second-order valence-electron chi connectivity index (χ2n) is 5.26. The van der Waals surface area contributed by atoms with Crippen LogP contribution in [0.5, 0.6) is 0 Å². The van der Waals surface area contributed by atoms with Crippen molar-refractivity contribution in [1.29, 1.82) is 0 Å². The number of hydrogen-bond donors (Lipinski definition) is 0. The predicted octanol–water partition coefficient (Wildman–Crippen LogP) is 4.63. The maximum absolute atomic E-state index is 5.98. The quantitative estimate of drug-likeness (QED) is 0.631. The summed E-state index contributed by atoms with van der Waals surface area (Å²) in [7, 11) is 8.50. The zero-order valence-corrected chi connectivity index (χ0v) is 13.9. The van der Waals surface area contributed by atoms with Gasteiger partial charge in [-0.3, -0.25) is 4.98 Å². The van der Waals surface area contributed by atoms with Gasteiger partial charge in [0.25, 0.3) is 0 Å². The van der Waals surface area contributed by atoms with E-state index in [-0.39, 0.29) is 0 Å². The Hall–Kier alpha value is -0.350. The molecule has 0 atom stereocenters. The molecule has 0 aliphatic rings. The molecular formula is C13H16BrCl2N2+. The summed E-state index contributed by atoms with van der Waals surface area (Å²) in [6.07, 6.45) is 1.70. The summed E-state index contributed by atoms with van der Waals surface area (Å²) in [6, 6.07) is 5.41. The molecule has 0 aliphatic carbocycles. The average molecular weight is 351 g/mol.